The topological polar surface area (TPSA) is 509 Å². The fourth-order valence-corrected chi connectivity index (χ4v) is 16.0. The van der Waals surface area contributed by atoms with E-state index in [1.165, 1.54) is 95.7 Å². The Hall–Kier alpha value is -11.1. The van der Waals surface area contributed by atoms with Crippen LogP contribution in [0.4, 0.5) is 0 Å². The third kappa shape index (κ3) is 33.8. The highest BCUT2D eigenvalue weighted by Gasteiger charge is 2.25. The number of carbonyl (C=O) groups is 1. The van der Waals surface area contributed by atoms with Gasteiger partial charge in [-0.2, -0.15) is 0 Å². The first-order chi connectivity index (χ1) is 67.3. The highest BCUT2D eigenvalue weighted by atomic mass is 16.7. The molecule has 0 amide bonds. The predicted octanol–water partition coefficient (Wildman–Crippen LogP) is 10.8. The van der Waals surface area contributed by atoms with Gasteiger partial charge in [0.1, 0.15) is 93.5 Å². The van der Waals surface area contributed by atoms with Gasteiger partial charge in [0.05, 0.1) is 73.7 Å². The summed E-state index contributed by atoms with van der Waals surface area (Å²) in [6.45, 7) is 6.05. The molecule has 18 rings (SSSR count). The summed E-state index contributed by atoms with van der Waals surface area (Å²) in [7, 11) is 3.06. The van der Waals surface area contributed by atoms with Crippen molar-refractivity contribution in [3.8, 4) is 57.5 Å². The van der Waals surface area contributed by atoms with E-state index in [2.05, 4.69) is 43.3 Å². The lowest BCUT2D eigenvalue weighted by molar-refractivity contribution is -0.150. The summed E-state index contributed by atoms with van der Waals surface area (Å²) < 4.78 is 57.2. The summed E-state index contributed by atoms with van der Waals surface area (Å²) in [6.07, 6.45) is 10.9. The van der Waals surface area contributed by atoms with Gasteiger partial charge >= 0.3 is 5.97 Å². The molecular formula is C108H139NO30. The number of aryl methyl sites for hydroxylation is 9. The van der Waals surface area contributed by atoms with Gasteiger partial charge in [-0.05, 0) is 276 Å². The van der Waals surface area contributed by atoms with Crippen LogP contribution < -0.4 is 53.1 Å². The highest BCUT2D eigenvalue weighted by Crippen LogP contribution is 2.39. The molecule has 4 heterocycles. The molecule has 31 heteroatoms. The average molecular weight is 1930 g/mol. The van der Waals surface area contributed by atoms with Gasteiger partial charge in [0.15, 0.2) is 57.5 Å². The summed E-state index contributed by atoms with van der Waals surface area (Å²) >= 11 is 0. The standard InChI is InChI=1S/C14H21NO2.2C12H16O2.2C11H14O2.2C10H12O4.C10H14O4.2C9H10O4/c1-4-11-7-6-8-12(9-11)13(5-2)17-14(16)10(3)15;2*13-8-12(14)11-6-5-9-3-1-2-4-10(9)7-11;2*12-7-11(13)10-5-4-8-2-1-3-9(8)6-10;2*11-6-8(12)7-1-2-9-10(5-7)14-4-3-13-9;1-13-9-4-3-7(8(12)6-11)5-10(9)14-2;2*10-4-7(11)6-1-2-8-9(3-6)13-5-12-8/h6-10,13H,4-5,15H2,1-3H3;2*5-7,12-14H,1-4,8H2;2*4-6,11-13H,1-3,7H2;2*1-2,5,8,11-12H,3-4,6H2;3-5,8,11-12H,6H2,1-2H3;2*1-3,7,10-11H,4-5H2/t10-,13?;2*12-;2*11-;3*8-;2*7-/m0101010010/s1. The lowest BCUT2D eigenvalue weighted by atomic mass is 9.89. The van der Waals surface area contributed by atoms with Crippen molar-refractivity contribution < 1.29 is 149 Å². The van der Waals surface area contributed by atoms with E-state index in [0.29, 0.717) is 112 Å². The van der Waals surface area contributed by atoms with Crippen LogP contribution in [-0.2, 0) is 67.3 Å². The van der Waals surface area contributed by atoms with Gasteiger partial charge in [-0.3, -0.25) is 4.79 Å². The van der Waals surface area contributed by atoms with Crippen LogP contribution in [0.25, 0.3) is 0 Å². The molecule has 11 atom stereocenters. The number of nitrogens with two attached hydrogens (primary N) is 1. The van der Waals surface area contributed by atoms with E-state index in [9.17, 15) is 50.8 Å². The monoisotopic (exact) mass is 1930 g/mol. The Labute approximate surface area is 812 Å². The second-order valence-electron chi connectivity index (χ2n) is 33.9. The van der Waals surface area contributed by atoms with Gasteiger partial charge in [0.2, 0.25) is 13.6 Å². The van der Waals surface area contributed by atoms with E-state index in [1.807, 2.05) is 67.6 Å². The fraction of sp³-hybridized carbons (Fsp3) is 0.435. The summed E-state index contributed by atoms with van der Waals surface area (Å²) in [4.78, 5) is 11.5. The number of benzene rings is 10. The van der Waals surface area contributed by atoms with Crippen molar-refractivity contribution in [2.75, 3.05) is 114 Å². The van der Waals surface area contributed by atoms with Gasteiger partial charge in [-0.25, -0.2) is 0 Å². The van der Waals surface area contributed by atoms with Crippen LogP contribution in [-0.4, -0.2) is 218 Å². The van der Waals surface area contributed by atoms with E-state index in [-0.39, 0.29) is 85.1 Å². The summed E-state index contributed by atoms with van der Waals surface area (Å²) in [5, 5.41) is 164. The first-order valence-corrected chi connectivity index (χ1v) is 47.2. The third-order valence-corrected chi connectivity index (χ3v) is 24.1. The lowest BCUT2D eigenvalue weighted by Gasteiger charge is -2.19. The Morgan fingerprint density at radius 2 is 0.554 bits per heavy atom. The molecule has 8 aliphatic rings. The van der Waals surface area contributed by atoms with Crippen LogP contribution in [0, 0.1) is 0 Å². The Bertz CT molecular complexity index is 4770. The van der Waals surface area contributed by atoms with E-state index in [0.717, 1.165) is 92.0 Å². The molecular weight excluding hydrogens is 1790 g/mol. The van der Waals surface area contributed by atoms with Crippen molar-refractivity contribution >= 4 is 5.97 Å². The van der Waals surface area contributed by atoms with Crippen molar-refractivity contribution in [2.24, 2.45) is 5.73 Å². The molecule has 0 aromatic heterocycles. The molecule has 10 aromatic carbocycles. The fourth-order valence-electron chi connectivity index (χ4n) is 16.0. The zero-order valence-electron chi connectivity index (χ0n) is 79.7. The first-order valence-electron chi connectivity index (χ1n) is 47.2. The van der Waals surface area contributed by atoms with Crippen LogP contribution in [0.1, 0.15) is 232 Å². The molecule has 4 aliphatic carbocycles. The molecule has 0 spiro atoms. The average Bonchev–Trinajstić information content (AvgIpc) is 0.994. The number of fused-ring (bicyclic) bond motifs is 8. The normalized spacial score (nSPS) is 16.0. The van der Waals surface area contributed by atoms with E-state index < -0.39 is 61.0 Å². The molecule has 0 saturated heterocycles. The molecule has 139 heavy (non-hydrogen) atoms. The Kier molecular flexibility index (Phi) is 47.2. The smallest absolute Gasteiger partial charge is 0.323 e. The molecule has 756 valence electrons. The van der Waals surface area contributed by atoms with Gasteiger partial charge < -0.3 is 150 Å². The summed E-state index contributed by atoms with van der Waals surface area (Å²) in [6, 6.07) is 57.1. The molecule has 0 radical (unpaired) electrons. The minimum Gasteiger partial charge on any atom is -0.493 e. The van der Waals surface area contributed by atoms with Crippen LogP contribution in [0.3, 0.4) is 0 Å². The van der Waals surface area contributed by atoms with Crippen LogP contribution in [0.2, 0.25) is 0 Å². The predicted molar refractivity (Wildman–Crippen MR) is 520 cm³/mol. The van der Waals surface area contributed by atoms with Crippen molar-refractivity contribution in [2.45, 2.75) is 191 Å². The van der Waals surface area contributed by atoms with Gasteiger partial charge in [0, 0.05) is 0 Å². The number of aliphatic hydroxyl groups is 18. The van der Waals surface area contributed by atoms with Crippen molar-refractivity contribution in [1.82, 2.24) is 0 Å². The molecule has 0 bridgehead atoms. The Balaban J connectivity index is 0.000000173. The van der Waals surface area contributed by atoms with E-state index in [4.69, 9.17) is 104 Å². The van der Waals surface area contributed by atoms with Crippen LogP contribution >= 0.6 is 0 Å². The zero-order chi connectivity index (χ0) is 100. The molecule has 0 fully saturated rings. The summed E-state index contributed by atoms with van der Waals surface area (Å²) in [5.41, 5.74) is 25.3. The van der Waals surface area contributed by atoms with Crippen molar-refractivity contribution in [3.05, 3.63) is 294 Å². The van der Waals surface area contributed by atoms with Crippen molar-refractivity contribution in [1.29, 1.82) is 0 Å². The second-order valence-corrected chi connectivity index (χ2v) is 33.9. The van der Waals surface area contributed by atoms with E-state index in [1.54, 1.807) is 105 Å². The summed E-state index contributed by atoms with van der Waals surface area (Å²) in [5.74, 6) is 5.99. The number of ether oxygens (including phenoxy) is 11. The number of carbonyl (C=O) groups excluding carboxylic acids is 1. The maximum Gasteiger partial charge on any atom is 0.323 e. The Morgan fingerprint density at radius 3 is 0.856 bits per heavy atom. The van der Waals surface area contributed by atoms with Gasteiger partial charge in [0.25, 0.3) is 0 Å². The maximum atomic E-state index is 11.5. The van der Waals surface area contributed by atoms with Gasteiger partial charge in [-0.1, -0.05) is 141 Å². The largest absolute Gasteiger partial charge is 0.493 e. The number of esters is 1. The zero-order valence-corrected chi connectivity index (χ0v) is 79.7. The molecule has 10 aromatic rings. The number of methoxy groups -OCH3 is 2. The number of aliphatic hydroxyl groups excluding tert-OH is 18. The highest BCUT2D eigenvalue weighted by molar-refractivity contribution is 5.75. The van der Waals surface area contributed by atoms with Crippen LogP contribution in [0.5, 0.6) is 57.5 Å². The maximum absolute atomic E-state index is 11.5. The lowest BCUT2D eigenvalue weighted by Crippen LogP contribution is -2.29. The number of rotatable bonds is 25. The second kappa shape index (κ2) is 58.8. The quantitative estimate of drug-likeness (QED) is 0.0236. The van der Waals surface area contributed by atoms with E-state index >= 15 is 0 Å². The molecule has 4 aliphatic heterocycles. The molecule has 1 unspecified atom stereocenters. The number of hydrogen-bond donors (Lipinski definition) is 19. The van der Waals surface area contributed by atoms with Gasteiger partial charge in [-0.15, -0.1) is 0 Å². The molecule has 20 N–H and O–H groups in total. The molecule has 0 saturated carbocycles. The SMILES string of the molecule is CCc1cccc(C(CC)OC(=O)[C@H](C)N)c1.COc1ccc([C@@H](O)CO)cc1OC.OC[C@@H](O)c1ccc2c(c1)CCC2.OC[C@@H](O)c1ccc2c(c1)CCCC2.OC[C@@H](O)c1ccc2c(c1)OCCO2.OC[C@@H](O)c1ccc2c(c1)OCO2.OC[C@H](O)c1ccc2c(c1)CCC2.OC[C@H](O)c1ccc2c(c1)CCCC2.OC[C@H](O)c1ccc2c(c1)OCCO2.OC[C@H](O)c1ccc2c(c1)OCO2. The molecule has 31 nitrogen and oxygen atoms in total. The minimum absolute atomic E-state index is 0.194. The Morgan fingerprint density at radius 1 is 0.295 bits per heavy atom. The van der Waals surface area contributed by atoms with Crippen LogP contribution in [0.15, 0.2) is 188 Å². The first kappa shape index (κ1) is 112. The minimum atomic E-state index is -0.880. The number of hydrogen-bond acceptors (Lipinski definition) is 31. The van der Waals surface area contributed by atoms with Crippen molar-refractivity contribution in [3.63, 3.8) is 0 Å². The third-order valence-electron chi connectivity index (χ3n) is 24.1.